The van der Waals surface area contributed by atoms with E-state index in [1.165, 1.54) is 11.3 Å². The molecule has 0 saturated carbocycles. The second-order valence-corrected chi connectivity index (χ2v) is 6.47. The van der Waals surface area contributed by atoms with Gasteiger partial charge in [0.05, 0.1) is 0 Å². The van der Waals surface area contributed by atoms with E-state index in [0.29, 0.717) is 6.04 Å². The van der Waals surface area contributed by atoms with Gasteiger partial charge in [-0.05, 0) is 43.2 Å². The molecule has 1 heterocycles. The number of rotatable bonds is 4. The SMILES string of the molecule is CC(Cc1ccccc1)N1CCN(c2ccc(Cl)cc2)CC1. The van der Waals surface area contributed by atoms with E-state index < -0.39 is 0 Å². The highest BCUT2D eigenvalue weighted by atomic mass is 35.5. The highest BCUT2D eigenvalue weighted by Gasteiger charge is 2.21. The monoisotopic (exact) mass is 314 g/mol. The van der Waals surface area contributed by atoms with Crippen LogP contribution >= 0.6 is 11.6 Å². The zero-order valence-corrected chi connectivity index (χ0v) is 13.8. The number of halogens is 1. The van der Waals surface area contributed by atoms with Crippen molar-refractivity contribution in [2.24, 2.45) is 0 Å². The standard InChI is InChI=1S/C19H23ClN2/c1-16(15-17-5-3-2-4-6-17)21-11-13-22(14-12-21)19-9-7-18(20)8-10-19/h2-10,16H,11-15H2,1H3. The first-order chi connectivity index (χ1) is 10.7. The van der Waals surface area contributed by atoms with Crippen molar-refractivity contribution < 1.29 is 0 Å². The molecule has 0 N–H and O–H groups in total. The van der Waals surface area contributed by atoms with Crippen molar-refractivity contribution in [2.45, 2.75) is 19.4 Å². The van der Waals surface area contributed by atoms with Crippen LogP contribution in [0.15, 0.2) is 54.6 Å². The van der Waals surface area contributed by atoms with E-state index in [4.69, 9.17) is 11.6 Å². The summed E-state index contributed by atoms with van der Waals surface area (Å²) in [4.78, 5) is 5.04. The summed E-state index contributed by atoms with van der Waals surface area (Å²) >= 11 is 5.97. The number of piperazine rings is 1. The molecule has 3 rings (SSSR count). The summed E-state index contributed by atoms with van der Waals surface area (Å²) in [5.74, 6) is 0. The van der Waals surface area contributed by atoms with E-state index in [-0.39, 0.29) is 0 Å². The largest absolute Gasteiger partial charge is 0.369 e. The van der Waals surface area contributed by atoms with Gasteiger partial charge in [0.15, 0.2) is 0 Å². The molecule has 0 spiro atoms. The Labute approximate surface area is 138 Å². The number of hydrogen-bond donors (Lipinski definition) is 0. The lowest BCUT2D eigenvalue weighted by molar-refractivity contribution is 0.196. The lowest BCUT2D eigenvalue weighted by Crippen LogP contribution is -2.50. The summed E-state index contributed by atoms with van der Waals surface area (Å²) < 4.78 is 0. The molecule has 0 aliphatic carbocycles. The van der Waals surface area contributed by atoms with E-state index in [1.54, 1.807) is 0 Å². The fourth-order valence-corrected chi connectivity index (χ4v) is 3.28. The summed E-state index contributed by atoms with van der Waals surface area (Å²) in [5, 5.41) is 0.805. The third kappa shape index (κ3) is 3.82. The summed E-state index contributed by atoms with van der Waals surface area (Å²) in [6.07, 6.45) is 1.13. The van der Waals surface area contributed by atoms with Crippen LogP contribution in [-0.4, -0.2) is 37.1 Å². The van der Waals surface area contributed by atoms with Gasteiger partial charge in [-0.3, -0.25) is 4.90 Å². The molecule has 22 heavy (non-hydrogen) atoms. The first-order valence-corrected chi connectivity index (χ1v) is 8.38. The molecule has 0 aromatic heterocycles. The Bertz CT molecular complexity index is 574. The van der Waals surface area contributed by atoms with Crippen LogP contribution in [0.3, 0.4) is 0 Å². The fourth-order valence-electron chi connectivity index (χ4n) is 3.16. The van der Waals surface area contributed by atoms with Crippen LogP contribution in [0.4, 0.5) is 5.69 Å². The van der Waals surface area contributed by atoms with Gasteiger partial charge in [0.25, 0.3) is 0 Å². The van der Waals surface area contributed by atoms with Crippen LogP contribution in [-0.2, 0) is 6.42 Å². The first-order valence-electron chi connectivity index (χ1n) is 8.01. The minimum absolute atomic E-state index is 0.592. The van der Waals surface area contributed by atoms with Gasteiger partial charge in [-0.1, -0.05) is 41.9 Å². The average Bonchev–Trinajstić information content (AvgIpc) is 2.57. The summed E-state index contributed by atoms with van der Waals surface area (Å²) in [5.41, 5.74) is 2.70. The maximum Gasteiger partial charge on any atom is 0.0407 e. The fraction of sp³-hybridized carbons (Fsp3) is 0.368. The van der Waals surface area contributed by atoms with E-state index in [2.05, 4.69) is 59.2 Å². The van der Waals surface area contributed by atoms with Gasteiger partial charge in [0.1, 0.15) is 0 Å². The lowest BCUT2D eigenvalue weighted by Gasteiger charge is -2.39. The molecular formula is C19H23ClN2. The Morgan fingerprint density at radius 2 is 1.55 bits per heavy atom. The smallest absolute Gasteiger partial charge is 0.0407 e. The van der Waals surface area contributed by atoms with Gasteiger partial charge in [-0.2, -0.15) is 0 Å². The molecule has 0 radical (unpaired) electrons. The van der Waals surface area contributed by atoms with Crippen molar-refractivity contribution in [3.05, 3.63) is 65.2 Å². The van der Waals surface area contributed by atoms with Gasteiger partial charge >= 0.3 is 0 Å². The van der Waals surface area contributed by atoms with E-state index in [0.717, 1.165) is 37.6 Å². The Morgan fingerprint density at radius 3 is 2.18 bits per heavy atom. The summed E-state index contributed by atoms with van der Waals surface area (Å²) in [7, 11) is 0. The zero-order valence-electron chi connectivity index (χ0n) is 13.1. The van der Waals surface area contributed by atoms with Crippen molar-refractivity contribution >= 4 is 17.3 Å². The molecule has 1 aliphatic heterocycles. The lowest BCUT2D eigenvalue weighted by atomic mass is 10.1. The summed E-state index contributed by atoms with van der Waals surface area (Å²) in [6, 6.07) is 19.6. The number of anilines is 1. The molecule has 1 unspecified atom stereocenters. The molecular weight excluding hydrogens is 292 g/mol. The van der Waals surface area contributed by atoms with Crippen molar-refractivity contribution in [1.29, 1.82) is 0 Å². The molecule has 2 nitrogen and oxygen atoms in total. The topological polar surface area (TPSA) is 6.48 Å². The second-order valence-electron chi connectivity index (χ2n) is 6.04. The van der Waals surface area contributed by atoms with E-state index in [9.17, 15) is 0 Å². The molecule has 2 aromatic carbocycles. The van der Waals surface area contributed by atoms with E-state index >= 15 is 0 Å². The molecule has 1 saturated heterocycles. The molecule has 3 heteroatoms. The molecule has 1 fully saturated rings. The molecule has 1 atom stereocenters. The van der Waals surface area contributed by atoms with Crippen LogP contribution in [0.5, 0.6) is 0 Å². The highest BCUT2D eigenvalue weighted by molar-refractivity contribution is 6.30. The van der Waals surface area contributed by atoms with Gasteiger partial charge in [-0.15, -0.1) is 0 Å². The third-order valence-electron chi connectivity index (χ3n) is 4.50. The average molecular weight is 315 g/mol. The van der Waals surface area contributed by atoms with Gasteiger partial charge in [0, 0.05) is 42.9 Å². The Balaban J connectivity index is 1.54. The Hall–Kier alpha value is -1.51. The van der Waals surface area contributed by atoms with Crippen LogP contribution in [0.25, 0.3) is 0 Å². The first kappa shape index (κ1) is 15.4. The van der Waals surface area contributed by atoms with Crippen LogP contribution in [0.1, 0.15) is 12.5 Å². The van der Waals surface area contributed by atoms with Crippen molar-refractivity contribution in [3.8, 4) is 0 Å². The van der Waals surface area contributed by atoms with Crippen molar-refractivity contribution in [3.63, 3.8) is 0 Å². The highest BCUT2D eigenvalue weighted by Crippen LogP contribution is 2.20. The summed E-state index contributed by atoms with van der Waals surface area (Å²) in [6.45, 7) is 6.75. The third-order valence-corrected chi connectivity index (χ3v) is 4.76. The van der Waals surface area contributed by atoms with Crippen molar-refractivity contribution in [2.75, 3.05) is 31.1 Å². The van der Waals surface area contributed by atoms with Crippen molar-refractivity contribution in [1.82, 2.24) is 4.90 Å². The van der Waals surface area contributed by atoms with Crippen LogP contribution < -0.4 is 4.90 Å². The Kier molecular flexibility index (Phi) is 5.01. The number of nitrogens with zero attached hydrogens (tertiary/aromatic N) is 2. The van der Waals surface area contributed by atoms with Gasteiger partial charge in [-0.25, -0.2) is 0 Å². The molecule has 1 aliphatic rings. The zero-order chi connectivity index (χ0) is 15.4. The molecule has 116 valence electrons. The minimum Gasteiger partial charge on any atom is -0.369 e. The second kappa shape index (κ2) is 7.17. The normalized spacial score (nSPS) is 17.5. The predicted octanol–water partition coefficient (Wildman–Crippen LogP) is 4.09. The molecule has 2 aromatic rings. The number of hydrogen-bond acceptors (Lipinski definition) is 2. The number of benzene rings is 2. The van der Waals surface area contributed by atoms with Gasteiger partial charge < -0.3 is 4.90 Å². The maximum atomic E-state index is 5.97. The minimum atomic E-state index is 0.592. The van der Waals surface area contributed by atoms with Crippen LogP contribution in [0, 0.1) is 0 Å². The van der Waals surface area contributed by atoms with Crippen LogP contribution in [0.2, 0.25) is 5.02 Å². The quantitative estimate of drug-likeness (QED) is 0.838. The molecule has 0 bridgehead atoms. The van der Waals surface area contributed by atoms with Gasteiger partial charge in [0.2, 0.25) is 0 Å². The maximum absolute atomic E-state index is 5.97. The molecule has 0 amide bonds. The van der Waals surface area contributed by atoms with E-state index in [1.807, 2.05) is 12.1 Å². The predicted molar refractivity (Wildman–Crippen MR) is 94.8 cm³/mol. The Morgan fingerprint density at radius 1 is 0.909 bits per heavy atom.